The molecule has 0 spiro atoms. The minimum absolute atomic E-state index is 0.218. The third-order valence-corrected chi connectivity index (χ3v) is 2.72. The molecule has 0 aliphatic rings. The smallest absolute Gasteiger partial charge is 0.337 e. The van der Waals surface area contributed by atoms with Gasteiger partial charge in [0.15, 0.2) is 0 Å². The second-order valence-corrected chi connectivity index (χ2v) is 4.13. The molecule has 0 saturated carbocycles. The number of carbonyl (C=O) groups excluding carboxylic acids is 2. The predicted octanol–water partition coefficient (Wildman–Crippen LogP) is 0.821. The van der Waals surface area contributed by atoms with Gasteiger partial charge < -0.3 is 19.7 Å². The molecule has 0 bridgehead atoms. The number of benzene rings is 1. The van der Waals surface area contributed by atoms with Crippen molar-refractivity contribution < 1.29 is 29.3 Å². The topological polar surface area (TPSA) is 93.1 Å². The first-order valence-electron chi connectivity index (χ1n) is 6.19. The molecule has 0 fully saturated rings. The Morgan fingerprint density at radius 1 is 1.20 bits per heavy atom. The van der Waals surface area contributed by atoms with Crippen LogP contribution in [-0.2, 0) is 14.3 Å². The fraction of sp³-hybridized carbons (Fsp3) is 0.429. The molecule has 2 N–H and O–H groups in total. The lowest BCUT2D eigenvalue weighted by Gasteiger charge is -2.17. The normalized spacial score (nSPS) is 13.4. The van der Waals surface area contributed by atoms with Crippen LogP contribution < -0.4 is 0 Å². The molecule has 20 heavy (non-hydrogen) atoms. The number of rotatable bonds is 6. The highest BCUT2D eigenvalue weighted by Gasteiger charge is 2.22. The molecule has 2 atom stereocenters. The summed E-state index contributed by atoms with van der Waals surface area (Å²) in [7, 11) is 1.27. The first-order chi connectivity index (χ1) is 9.49. The Bertz CT molecular complexity index is 453. The highest BCUT2D eigenvalue weighted by Crippen LogP contribution is 2.20. The second kappa shape index (κ2) is 7.62. The number of carbonyl (C=O) groups is 2. The maximum absolute atomic E-state index is 11.3. The molecule has 0 aliphatic heterocycles. The Hall–Kier alpha value is -1.92. The Balaban J connectivity index is 2.69. The van der Waals surface area contributed by atoms with Gasteiger partial charge in [-0.15, -0.1) is 0 Å². The quantitative estimate of drug-likeness (QED) is 0.750. The number of aliphatic hydroxyl groups excluding tert-OH is 2. The third kappa shape index (κ3) is 4.32. The molecule has 6 heteroatoms. The molecule has 6 nitrogen and oxygen atoms in total. The Morgan fingerprint density at radius 3 is 2.30 bits per heavy atom. The molecule has 0 radical (unpaired) electrons. The zero-order valence-corrected chi connectivity index (χ0v) is 11.4. The molecule has 1 rings (SSSR count). The molecular formula is C14H18O6. The number of esters is 2. The van der Waals surface area contributed by atoms with Gasteiger partial charge in [0.05, 0.1) is 31.8 Å². The van der Waals surface area contributed by atoms with E-state index >= 15 is 0 Å². The number of ether oxygens (including phenoxy) is 2. The van der Waals surface area contributed by atoms with Gasteiger partial charge in [0.2, 0.25) is 0 Å². The van der Waals surface area contributed by atoms with Gasteiger partial charge in [-0.1, -0.05) is 12.1 Å². The molecule has 1 aromatic carbocycles. The van der Waals surface area contributed by atoms with Crippen LogP contribution in [0.5, 0.6) is 0 Å². The summed E-state index contributed by atoms with van der Waals surface area (Å²) < 4.78 is 9.24. The van der Waals surface area contributed by atoms with Gasteiger partial charge in [0.25, 0.3) is 0 Å². The minimum atomic E-state index is -1.27. The van der Waals surface area contributed by atoms with E-state index in [1.165, 1.54) is 31.4 Å². The van der Waals surface area contributed by atoms with Gasteiger partial charge in [0, 0.05) is 0 Å². The molecule has 0 aromatic heterocycles. The van der Waals surface area contributed by atoms with Crippen molar-refractivity contribution in [2.75, 3.05) is 13.7 Å². The Morgan fingerprint density at radius 2 is 1.80 bits per heavy atom. The van der Waals surface area contributed by atoms with Gasteiger partial charge in [-0.3, -0.25) is 4.79 Å². The van der Waals surface area contributed by atoms with E-state index in [0.717, 1.165) is 0 Å². The summed E-state index contributed by atoms with van der Waals surface area (Å²) in [4.78, 5) is 22.5. The van der Waals surface area contributed by atoms with Gasteiger partial charge >= 0.3 is 11.9 Å². The molecule has 2 unspecified atom stereocenters. The van der Waals surface area contributed by atoms with E-state index in [4.69, 9.17) is 4.74 Å². The van der Waals surface area contributed by atoms with Crippen LogP contribution in [0.1, 0.15) is 35.4 Å². The van der Waals surface area contributed by atoms with Crippen molar-refractivity contribution in [3.63, 3.8) is 0 Å². The first-order valence-corrected chi connectivity index (χ1v) is 6.19. The van der Waals surface area contributed by atoms with Crippen LogP contribution in [0.3, 0.4) is 0 Å². The Labute approximate surface area is 116 Å². The van der Waals surface area contributed by atoms with Crippen LogP contribution in [0.4, 0.5) is 0 Å². The maximum Gasteiger partial charge on any atom is 0.337 e. The van der Waals surface area contributed by atoms with E-state index in [9.17, 15) is 19.8 Å². The molecule has 0 amide bonds. The molecule has 0 heterocycles. The van der Waals surface area contributed by atoms with E-state index in [1.54, 1.807) is 6.92 Å². The highest BCUT2D eigenvalue weighted by atomic mass is 16.5. The van der Waals surface area contributed by atoms with E-state index in [1.807, 2.05) is 0 Å². The fourth-order valence-corrected chi connectivity index (χ4v) is 1.66. The number of methoxy groups -OCH3 is 1. The van der Waals surface area contributed by atoms with Gasteiger partial charge in [-0.2, -0.15) is 0 Å². The zero-order chi connectivity index (χ0) is 15.1. The molecule has 1 aromatic rings. The fourth-order valence-electron chi connectivity index (χ4n) is 1.66. The van der Waals surface area contributed by atoms with Crippen LogP contribution in [0.15, 0.2) is 24.3 Å². The van der Waals surface area contributed by atoms with E-state index in [0.29, 0.717) is 11.1 Å². The number of hydrogen-bond donors (Lipinski definition) is 2. The van der Waals surface area contributed by atoms with Crippen LogP contribution in [0.25, 0.3) is 0 Å². The zero-order valence-electron chi connectivity index (χ0n) is 11.4. The third-order valence-electron chi connectivity index (χ3n) is 2.72. The number of hydrogen-bond acceptors (Lipinski definition) is 6. The van der Waals surface area contributed by atoms with E-state index in [-0.39, 0.29) is 13.0 Å². The largest absolute Gasteiger partial charge is 0.466 e. The summed E-state index contributed by atoms with van der Waals surface area (Å²) in [6, 6.07) is 5.93. The summed E-state index contributed by atoms with van der Waals surface area (Å²) in [5.74, 6) is -1.07. The Kier molecular flexibility index (Phi) is 6.14. The number of aliphatic hydroxyl groups is 2. The molecule has 0 saturated heterocycles. The van der Waals surface area contributed by atoms with Crippen molar-refractivity contribution in [1.29, 1.82) is 0 Å². The molecular weight excluding hydrogens is 264 g/mol. The average Bonchev–Trinajstić information content (AvgIpc) is 2.46. The summed E-state index contributed by atoms with van der Waals surface area (Å²) in [5, 5.41) is 19.7. The summed E-state index contributed by atoms with van der Waals surface area (Å²) >= 11 is 0. The van der Waals surface area contributed by atoms with Crippen LogP contribution in [0.2, 0.25) is 0 Å². The van der Waals surface area contributed by atoms with Gasteiger partial charge in [-0.05, 0) is 24.6 Å². The molecule has 0 aliphatic carbocycles. The van der Waals surface area contributed by atoms with Crippen molar-refractivity contribution in [1.82, 2.24) is 0 Å². The first kappa shape index (κ1) is 16.1. The average molecular weight is 282 g/mol. The van der Waals surface area contributed by atoms with Crippen LogP contribution in [0, 0.1) is 0 Å². The summed E-state index contributed by atoms with van der Waals surface area (Å²) in [5.41, 5.74) is 0.734. The van der Waals surface area contributed by atoms with E-state index in [2.05, 4.69) is 4.74 Å². The predicted molar refractivity (Wildman–Crippen MR) is 70.0 cm³/mol. The van der Waals surface area contributed by atoms with Crippen molar-refractivity contribution >= 4 is 11.9 Å². The van der Waals surface area contributed by atoms with Gasteiger partial charge in [-0.25, -0.2) is 4.79 Å². The van der Waals surface area contributed by atoms with Crippen molar-refractivity contribution in [2.45, 2.75) is 25.6 Å². The highest BCUT2D eigenvalue weighted by molar-refractivity contribution is 5.89. The van der Waals surface area contributed by atoms with Crippen molar-refractivity contribution in [3.8, 4) is 0 Å². The maximum atomic E-state index is 11.3. The second-order valence-electron chi connectivity index (χ2n) is 4.13. The van der Waals surface area contributed by atoms with Crippen molar-refractivity contribution in [3.05, 3.63) is 35.4 Å². The summed E-state index contributed by atoms with van der Waals surface area (Å²) in [6.45, 7) is 1.88. The van der Waals surface area contributed by atoms with Gasteiger partial charge in [0.1, 0.15) is 6.10 Å². The lowest BCUT2D eigenvalue weighted by Crippen LogP contribution is -2.23. The van der Waals surface area contributed by atoms with Crippen molar-refractivity contribution in [2.24, 2.45) is 0 Å². The minimum Gasteiger partial charge on any atom is -0.466 e. The monoisotopic (exact) mass is 282 g/mol. The van der Waals surface area contributed by atoms with Crippen LogP contribution >= 0.6 is 0 Å². The standard InChI is InChI=1S/C14H18O6/c1-3-20-12(16)8-11(15)13(17)9-4-6-10(7-5-9)14(18)19-2/h4-7,11,13,15,17H,3,8H2,1-2H3. The van der Waals surface area contributed by atoms with E-state index < -0.39 is 24.1 Å². The SMILES string of the molecule is CCOC(=O)CC(O)C(O)c1ccc(C(=O)OC)cc1. The lowest BCUT2D eigenvalue weighted by atomic mass is 10.0. The molecule has 110 valence electrons. The summed E-state index contributed by atoms with van der Waals surface area (Å²) in [6.07, 6.45) is -2.79. The van der Waals surface area contributed by atoms with Crippen LogP contribution in [-0.4, -0.2) is 42.0 Å². The lowest BCUT2D eigenvalue weighted by molar-refractivity contribution is -0.147.